The summed E-state index contributed by atoms with van der Waals surface area (Å²) in [5, 5.41) is 17.5. The number of ketones is 1. The van der Waals surface area contributed by atoms with Crippen LogP contribution in [0, 0.1) is 23.7 Å². The van der Waals surface area contributed by atoms with Crippen LogP contribution in [0.3, 0.4) is 0 Å². The lowest BCUT2D eigenvalue weighted by atomic mass is 9.51. The standard InChI is InChI=1S/C62H89N5O17S2/c1-36-25-44-11-13-48-37(2)26-46(77-48)15-16-61-32-52-53-56-54(62(53,82-52)84-61)57(83-61)55-49(81-56)14-12-45(80-55)29-42(68)27-40-28-47(79-51(40)31-50(78-44)38(36)3)30-43(69)33-64-58(70)75-34-39-7-9-41(10-8-39)67(59(71)76-35-60(4,5)86-85-6)18-20-73-22-24-74-23-21-72-19-17-65-66-63/h7-10,36,40,43-57,69H,2-3,11-35H2,1,4-6H3,(H,64,70)/t36-,40-,43+,44?,45-,46+,47+,48+,49+,50?,51+,52-,53+,54-,55+,56+,57-,61-,62?/m1/s1. The Labute approximate surface area is 512 Å². The van der Waals surface area contributed by atoms with Crippen LogP contribution in [0.1, 0.15) is 116 Å². The monoisotopic (exact) mass is 1240 g/mol. The largest absolute Gasteiger partial charge is 0.448 e. The van der Waals surface area contributed by atoms with E-state index in [-0.39, 0.29) is 160 Å². The summed E-state index contributed by atoms with van der Waals surface area (Å²) in [5.41, 5.74) is 11.8. The van der Waals surface area contributed by atoms with Gasteiger partial charge >= 0.3 is 12.2 Å². The predicted molar refractivity (Wildman–Crippen MR) is 318 cm³/mol. The van der Waals surface area contributed by atoms with Crippen molar-refractivity contribution in [2.75, 3.05) is 77.0 Å². The molecule has 2 amide bonds. The lowest BCUT2D eigenvalue weighted by Crippen LogP contribution is -2.93. The summed E-state index contributed by atoms with van der Waals surface area (Å²) in [6.07, 6.45) is 6.56. The highest BCUT2D eigenvalue weighted by Gasteiger charge is 2.86. The molecule has 476 valence electrons. The van der Waals surface area contributed by atoms with Crippen molar-refractivity contribution in [2.45, 2.75) is 213 Å². The van der Waals surface area contributed by atoms with Crippen molar-refractivity contribution in [3.8, 4) is 0 Å². The maximum absolute atomic E-state index is 14.4. The number of nitrogens with zero attached hydrogens (tertiary/aromatic N) is 4. The van der Waals surface area contributed by atoms with E-state index in [1.165, 1.54) is 4.90 Å². The highest BCUT2D eigenvalue weighted by molar-refractivity contribution is 8.77. The average molecular weight is 1240 g/mol. The number of ether oxygens (including phenoxy) is 13. The molecule has 3 unspecified atom stereocenters. The smallest absolute Gasteiger partial charge is 0.414 e. The van der Waals surface area contributed by atoms with Gasteiger partial charge in [-0.1, -0.05) is 58.9 Å². The summed E-state index contributed by atoms with van der Waals surface area (Å²) >= 11 is 0. The summed E-state index contributed by atoms with van der Waals surface area (Å²) in [6, 6.07) is 7.06. The number of amides is 2. The van der Waals surface area contributed by atoms with Crippen molar-refractivity contribution in [1.82, 2.24) is 5.32 Å². The third-order valence-electron chi connectivity index (χ3n) is 19.2. The number of benzene rings is 1. The first-order valence-electron chi connectivity index (χ1n) is 31.3. The molecule has 2 spiro atoms. The SMILES string of the molecule is C=C1C2C[C@@H]3O[C@H](C[C@H](O)CNC(=O)OCc4ccc(N(CCOCCOCCOCCN=[N+]=[N-])C(=O)OCC(C)(C)SSC)cc4)C[C@H]3CC(=O)C[C@H]3CC[C@@H]4O[C@@H]5[C@@H]6[C@@H](O[C@@]7(CC[C@H]8CC(=C)[C@H](CCC(C[C@H]1C)O2)O8)C[C@H]1OC6(O7)[C@H]51)[C@H]4O3. The Morgan fingerprint density at radius 2 is 1.59 bits per heavy atom. The lowest BCUT2D eigenvalue weighted by molar-refractivity contribution is -0.620. The van der Waals surface area contributed by atoms with Gasteiger partial charge in [0.25, 0.3) is 0 Å². The Kier molecular flexibility index (Phi) is 21.1. The van der Waals surface area contributed by atoms with E-state index in [4.69, 9.17) is 67.1 Å². The molecule has 24 heteroatoms. The number of anilines is 1. The van der Waals surface area contributed by atoms with Crippen LogP contribution in [-0.4, -0.2) is 191 Å². The summed E-state index contributed by atoms with van der Waals surface area (Å²) in [5.74, 6) is -1.19. The number of carbonyl (C=O) groups excluding carboxylic acids is 3. The van der Waals surface area contributed by atoms with Gasteiger partial charge in [0.1, 0.15) is 31.2 Å². The van der Waals surface area contributed by atoms with Gasteiger partial charge in [0, 0.05) is 62.2 Å². The van der Waals surface area contributed by atoms with Crippen LogP contribution in [-0.2, 0) is 73.0 Å². The van der Waals surface area contributed by atoms with E-state index < -0.39 is 29.9 Å². The molecule has 10 saturated heterocycles. The third-order valence-corrected chi connectivity index (χ3v) is 21.7. The van der Waals surface area contributed by atoms with Gasteiger partial charge in [0.2, 0.25) is 0 Å². The molecule has 12 rings (SSSR count). The molecule has 11 fully saturated rings. The van der Waals surface area contributed by atoms with E-state index >= 15 is 0 Å². The highest BCUT2D eigenvalue weighted by atomic mass is 33.1. The number of Topliss-reactive ketones (excluding diaryl/α,β-unsaturated/α-hetero) is 1. The lowest BCUT2D eigenvalue weighted by Gasteiger charge is -2.80. The number of fused-ring (bicyclic) bond motifs is 6. The Bertz CT molecular complexity index is 2600. The second-order valence-corrected chi connectivity index (χ2v) is 29.0. The second-order valence-electron chi connectivity index (χ2n) is 25.8. The van der Waals surface area contributed by atoms with E-state index in [0.29, 0.717) is 82.8 Å². The molecular formula is C62H89N5O17S2. The zero-order valence-electron chi connectivity index (χ0n) is 50.3. The first-order chi connectivity index (χ1) is 41.5. The second kappa shape index (κ2) is 28.3. The van der Waals surface area contributed by atoms with Crippen LogP contribution in [0.25, 0.3) is 10.4 Å². The molecule has 10 heterocycles. The number of hydrogen-bond donors (Lipinski definition) is 2. The van der Waals surface area contributed by atoms with E-state index in [1.807, 2.05) is 20.1 Å². The maximum Gasteiger partial charge on any atom is 0.414 e. The zero-order chi connectivity index (χ0) is 60.2. The van der Waals surface area contributed by atoms with Crippen LogP contribution >= 0.6 is 21.6 Å². The molecule has 1 aromatic rings. The highest BCUT2D eigenvalue weighted by Crippen LogP contribution is 2.73. The molecule has 19 atom stereocenters. The average Bonchev–Trinajstić information content (AvgIpc) is 0.693. The summed E-state index contributed by atoms with van der Waals surface area (Å²) < 4.78 is 82.5. The van der Waals surface area contributed by atoms with Gasteiger partial charge in [-0.2, -0.15) is 0 Å². The molecule has 86 heavy (non-hydrogen) atoms. The minimum atomic E-state index is -0.960. The molecule has 10 aliphatic heterocycles. The molecule has 10 bridgehead atoms. The first kappa shape index (κ1) is 64.0. The summed E-state index contributed by atoms with van der Waals surface area (Å²) in [6.45, 7) is 17.7. The normalized spacial score (nSPS) is 37.4. The van der Waals surface area contributed by atoms with Crippen molar-refractivity contribution in [1.29, 1.82) is 0 Å². The number of alkyl carbamates (subject to hydrolysis) is 1. The molecule has 2 N–H and O–H groups in total. The van der Waals surface area contributed by atoms with Crippen LogP contribution in [0.5, 0.6) is 0 Å². The van der Waals surface area contributed by atoms with Crippen LogP contribution in [0.2, 0.25) is 0 Å². The van der Waals surface area contributed by atoms with E-state index in [0.717, 1.165) is 49.7 Å². The van der Waals surface area contributed by atoms with Gasteiger partial charge in [0.15, 0.2) is 11.6 Å². The number of azide groups is 1. The van der Waals surface area contributed by atoms with E-state index in [2.05, 4.69) is 35.4 Å². The molecule has 1 aromatic carbocycles. The number of nitrogens with one attached hydrogen (secondary N) is 1. The maximum atomic E-state index is 14.4. The number of rotatable bonds is 23. The molecule has 1 saturated carbocycles. The Morgan fingerprint density at radius 3 is 2.38 bits per heavy atom. The zero-order valence-corrected chi connectivity index (χ0v) is 51.9. The Morgan fingerprint density at radius 1 is 0.837 bits per heavy atom. The van der Waals surface area contributed by atoms with Crippen LogP contribution in [0.4, 0.5) is 15.3 Å². The number of aliphatic hydroxyl groups excluding tert-OH is 1. The van der Waals surface area contributed by atoms with Gasteiger partial charge in [0.05, 0.1) is 130 Å². The van der Waals surface area contributed by atoms with Gasteiger partial charge in [-0.25, -0.2) is 9.59 Å². The molecule has 11 aliphatic rings. The van der Waals surface area contributed by atoms with Crippen molar-refractivity contribution < 1.29 is 81.1 Å². The molecular weight excluding hydrogens is 1150 g/mol. The minimum Gasteiger partial charge on any atom is -0.448 e. The number of carbonyl (C=O) groups is 3. The van der Waals surface area contributed by atoms with Crippen molar-refractivity contribution in [3.05, 3.63) is 64.6 Å². The Balaban J connectivity index is 0.679. The van der Waals surface area contributed by atoms with Crippen LogP contribution < -0.4 is 10.2 Å². The molecule has 0 aromatic heterocycles. The summed E-state index contributed by atoms with van der Waals surface area (Å²) in [4.78, 5) is 45.2. The van der Waals surface area contributed by atoms with E-state index in [1.54, 1.807) is 45.9 Å². The fraction of sp³-hybridized carbons (Fsp3) is 0.790. The van der Waals surface area contributed by atoms with E-state index in [9.17, 15) is 19.5 Å². The number of aliphatic hydroxyl groups is 1. The van der Waals surface area contributed by atoms with Gasteiger partial charge in [-0.15, -0.1) is 0 Å². The van der Waals surface area contributed by atoms with Crippen molar-refractivity contribution >= 4 is 45.2 Å². The fourth-order valence-corrected chi connectivity index (χ4v) is 17.1. The van der Waals surface area contributed by atoms with Gasteiger partial charge in [-0.3, -0.25) is 9.69 Å². The fourth-order valence-electron chi connectivity index (χ4n) is 15.0. The molecule has 22 nitrogen and oxygen atoms in total. The predicted octanol–water partition coefficient (Wildman–Crippen LogP) is 9.08. The van der Waals surface area contributed by atoms with Gasteiger partial charge < -0.3 is 72.0 Å². The summed E-state index contributed by atoms with van der Waals surface area (Å²) in [7, 11) is 3.22. The minimum absolute atomic E-state index is 0.00938. The first-order valence-corrected chi connectivity index (χ1v) is 33.9. The van der Waals surface area contributed by atoms with Crippen LogP contribution in [0.15, 0.2) is 53.7 Å². The molecule has 0 radical (unpaired) electrons. The third kappa shape index (κ3) is 14.8. The quantitative estimate of drug-likeness (QED) is 0.0259. The van der Waals surface area contributed by atoms with Gasteiger partial charge in [-0.05, 0) is 118 Å². The molecule has 1 aliphatic carbocycles. The topological polar surface area (TPSA) is 255 Å². The number of hydrogen-bond acceptors (Lipinski definition) is 20. The Hall–Kier alpha value is -3.56. The van der Waals surface area contributed by atoms with Crippen molar-refractivity contribution in [3.63, 3.8) is 0 Å². The van der Waals surface area contributed by atoms with Crippen molar-refractivity contribution in [2.24, 2.45) is 28.8 Å².